The van der Waals surface area contributed by atoms with Gasteiger partial charge in [-0.3, -0.25) is 0 Å². The molecular formula is C16H14BrN3O. The predicted molar refractivity (Wildman–Crippen MR) is 86.8 cm³/mol. The lowest BCUT2D eigenvalue weighted by atomic mass is 10.1. The van der Waals surface area contributed by atoms with Gasteiger partial charge in [0, 0.05) is 15.7 Å². The monoisotopic (exact) mass is 343 g/mol. The normalized spacial score (nSPS) is 10.8. The Bertz CT molecular complexity index is 811. The van der Waals surface area contributed by atoms with E-state index in [1.165, 1.54) is 0 Å². The third-order valence-electron chi connectivity index (χ3n) is 3.35. The summed E-state index contributed by atoms with van der Waals surface area (Å²) in [4.78, 5) is 4.46. The minimum Gasteiger partial charge on any atom is -0.398 e. The molecule has 0 fully saturated rings. The maximum absolute atomic E-state index is 6.08. The molecule has 3 aromatic rings. The quantitative estimate of drug-likeness (QED) is 0.702. The minimum absolute atomic E-state index is 0.429. The topological polar surface area (TPSA) is 64.9 Å². The van der Waals surface area contributed by atoms with Crippen LogP contribution in [0, 0.1) is 13.8 Å². The number of nitrogens with zero attached hydrogens (tertiary/aromatic N) is 2. The molecule has 0 aliphatic rings. The number of para-hydroxylation sites is 1. The molecule has 4 nitrogen and oxygen atoms in total. The number of anilines is 1. The van der Waals surface area contributed by atoms with Crippen molar-refractivity contribution in [2.45, 2.75) is 13.8 Å². The highest BCUT2D eigenvalue weighted by Crippen LogP contribution is 2.31. The van der Waals surface area contributed by atoms with Gasteiger partial charge in [-0.2, -0.15) is 4.98 Å². The molecular weight excluding hydrogens is 330 g/mol. The number of nitrogens with two attached hydrogens (primary N) is 1. The van der Waals surface area contributed by atoms with Gasteiger partial charge in [0.15, 0.2) is 0 Å². The van der Waals surface area contributed by atoms with E-state index in [2.05, 4.69) is 26.1 Å². The molecule has 0 saturated heterocycles. The van der Waals surface area contributed by atoms with Crippen LogP contribution >= 0.6 is 15.9 Å². The van der Waals surface area contributed by atoms with Crippen molar-refractivity contribution in [3.63, 3.8) is 0 Å². The van der Waals surface area contributed by atoms with Gasteiger partial charge < -0.3 is 10.3 Å². The molecule has 0 amide bonds. The Morgan fingerprint density at radius 1 is 1.10 bits per heavy atom. The molecule has 1 aromatic heterocycles. The first-order chi connectivity index (χ1) is 10.1. The van der Waals surface area contributed by atoms with E-state index in [4.69, 9.17) is 10.3 Å². The summed E-state index contributed by atoms with van der Waals surface area (Å²) in [7, 11) is 0. The highest BCUT2D eigenvalue weighted by atomic mass is 79.9. The van der Waals surface area contributed by atoms with Crippen molar-refractivity contribution in [2.75, 3.05) is 5.73 Å². The lowest BCUT2D eigenvalue weighted by molar-refractivity contribution is 0.432. The molecule has 0 bridgehead atoms. The van der Waals surface area contributed by atoms with Crippen LogP contribution in [0.4, 0.5) is 5.69 Å². The van der Waals surface area contributed by atoms with Gasteiger partial charge in [0.05, 0.1) is 5.56 Å². The molecule has 5 heteroatoms. The van der Waals surface area contributed by atoms with Crippen LogP contribution in [0.15, 0.2) is 45.4 Å². The second-order valence-electron chi connectivity index (χ2n) is 4.94. The van der Waals surface area contributed by atoms with Crippen LogP contribution in [-0.4, -0.2) is 10.1 Å². The van der Waals surface area contributed by atoms with Crippen molar-refractivity contribution in [2.24, 2.45) is 0 Å². The number of hydrogen-bond donors (Lipinski definition) is 1. The van der Waals surface area contributed by atoms with Crippen LogP contribution in [0.1, 0.15) is 11.1 Å². The van der Waals surface area contributed by atoms with Crippen LogP contribution in [0.2, 0.25) is 0 Å². The molecule has 2 aromatic carbocycles. The summed E-state index contributed by atoms with van der Waals surface area (Å²) in [5.74, 6) is 0.969. The number of nitrogen functional groups attached to an aromatic ring is 1. The van der Waals surface area contributed by atoms with E-state index in [0.29, 0.717) is 17.4 Å². The molecule has 1 heterocycles. The second-order valence-corrected chi connectivity index (χ2v) is 5.80. The fraction of sp³-hybridized carbons (Fsp3) is 0.125. The van der Waals surface area contributed by atoms with E-state index in [1.54, 1.807) is 0 Å². The molecule has 0 unspecified atom stereocenters. The molecule has 2 N–H and O–H groups in total. The summed E-state index contributed by atoms with van der Waals surface area (Å²) in [5.41, 5.74) is 10.5. The van der Waals surface area contributed by atoms with Gasteiger partial charge in [-0.05, 0) is 43.2 Å². The molecule has 3 rings (SSSR count). The fourth-order valence-corrected chi connectivity index (χ4v) is 2.78. The van der Waals surface area contributed by atoms with Crippen LogP contribution in [0.25, 0.3) is 22.8 Å². The summed E-state index contributed by atoms with van der Waals surface area (Å²) < 4.78 is 6.30. The zero-order valence-electron chi connectivity index (χ0n) is 11.7. The first-order valence-electron chi connectivity index (χ1n) is 6.52. The lowest BCUT2D eigenvalue weighted by Gasteiger charge is -2.03. The van der Waals surface area contributed by atoms with E-state index in [1.807, 2.05) is 50.2 Å². The molecule has 0 aliphatic carbocycles. The van der Waals surface area contributed by atoms with E-state index >= 15 is 0 Å². The smallest absolute Gasteiger partial charge is 0.260 e. The predicted octanol–water partition coefficient (Wildman–Crippen LogP) is 4.37. The Kier molecular flexibility index (Phi) is 3.51. The van der Waals surface area contributed by atoms with Gasteiger partial charge in [0.2, 0.25) is 5.82 Å². The van der Waals surface area contributed by atoms with Crippen molar-refractivity contribution in [1.82, 2.24) is 10.1 Å². The molecule has 0 atom stereocenters. The summed E-state index contributed by atoms with van der Waals surface area (Å²) in [5, 5.41) is 4.05. The Hall–Kier alpha value is -2.14. The average molecular weight is 344 g/mol. The van der Waals surface area contributed by atoms with Crippen molar-refractivity contribution in [3.05, 3.63) is 52.0 Å². The van der Waals surface area contributed by atoms with E-state index in [9.17, 15) is 0 Å². The highest BCUT2D eigenvalue weighted by Gasteiger charge is 2.15. The van der Waals surface area contributed by atoms with Gasteiger partial charge in [0.1, 0.15) is 0 Å². The maximum atomic E-state index is 6.08. The Balaban J connectivity index is 2.06. The zero-order valence-corrected chi connectivity index (χ0v) is 13.3. The maximum Gasteiger partial charge on any atom is 0.260 e. The number of aromatic nitrogens is 2. The molecule has 0 saturated carbocycles. The van der Waals surface area contributed by atoms with Crippen LogP contribution in [0.5, 0.6) is 0 Å². The van der Waals surface area contributed by atoms with Crippen LogP contribution < -0.4 is 5.73 Å². The summed E-state index contributed by atoms with van der Waals surface area (Å²) >= 11 is 3.53. The first-order valence-corrected chi connectivity index (χ1v) is 7.31. The summed E-state index contributed by atoms with van der Waals surface area (Å²) in [6.45, 7) is 3.98. The number of rotatable bonds is 2. The average Bonchev–Trinajstić information content (AvgIpc) is 2.91. The second kappa shape index (κ2) is 5.33. The number of aryl methyl sites for hydroxylation is 2. The Labute approximate surface area is 131 Å². The van der Waals surface area contributed by atoms with Gasteiger partial charge in [-0.15, -0.1) is 0 Å². The third-order valence-corrected chi connectivity index (χ3v) is 4.00. The SMILES string of the molecule is Cc1ccc(-c2noc(-c3cccc(C)c3N)n2)c(Br)c1. The van der Waals surface area contributed by atoms with Gasteiger partial charge in [-0.25, -0.2) is 0 Å². The number of hydrogen-bond acceptors (Lipinski definition) is 4. The summed E-state index contributed by atoms with van der Waals surface area (Å²) in [6.07, 6.45) is 0. The molecule has 106 valence electrons. The number of benzene rings is 2. The van der Waals surface area contributed by atoms with Crippen molar-refractivity contribution in [3.8, 4) is 22.8 Å². The first kappa shape index (κ1) is 13.8. The van der Waals surface area contributed by atoms with Crippen LogP contribution in [-0.2, 0) is 0 Å². The Morgan fingerprint density at radius 2 is 1.90 bits per heavy atom. The highest BCUT2D eigenvalue weighted by molar-refractivity contribution is 9.10. The molecule has 0 radical (unpaired) electrons. The fourth-order valence-electron chi connectivity index (χ4n) is 2.11. The minimum atomic E-state index is 0.429. The van der Waals surface area contributed by atoms with Crippen molar-refractivity contribution < 1.29 is 4.52 Å². The van der Waals surface area contributed by atoms with Crippen molar-refractivity contribution in [1.29, 1.82) is 0 Å². The zero-order chi connectivity index (χ0) is 15.0. The van der Waals surface area contributed by atoms with E-state index in [0.717, 1.165) is 26.7 Å². The van der Waals surface area contributed by atoms with E-state index < -0.39 is 0 Å². The van der Waals surface area contributed by atoms with E-state index in [-0.39, 0.29) is 0 Å². The largest absolute Gasteiger partial charge is 0.398 e. The van der Waals surface area contributed by atoms with Crippen LogP contribution in [0.3, 0.4) is 0 Å². The molecule has 0 spiro atoms. The van der Waals surface area contributed by atoms with Gasteiger partial charge in [0.25, 0.3) is 5.89 Å². The lowest BCUT2D eigenvalue weighted by Crippen LogP contribution is -1.93. The molecule has 0 aliphatic heterocycles. The Morgan fingerprint density at radius 3 is 2.67 bits per heavy atom. The van der Waals surface area contributed by atoms with Gasteiger partial charge in [-0.1, -0.05) is 39.3 Å². The van der Waals surface area contributed by atoms with Gasteiger partial charge >= 0.3 is 0 Å². The number of halogens is 1. The van der Waals surface area contributed by atoms with Crippen molar-refractivity contribution >= 4 is 21.6 Å². The summed E-state index contributed by atoms with van der Waals surface area (Å²) in [6, 6.07) is 11.8. The third kappa shape index (κ3) is 2.56. The standard InChI is InChI=1S/C16H14BrN3O/c1-9-6-7-11(13(17)8-9)15-19-16(21-20-15)12-5-3-4-10(2)14(12)18/h3-8H,18H2,1-2H3. The molecule has 21 heavy (non-hydrogen) atoms.